The fourth-order valence-electron chi connectivity index (χ4n) is 8.41. The summed E-state index contributed by atoms with van der Waals surface area (Å²) in [6.45, 7) is 6.37. The first kappa shape index (κ1) is 62.6. The minimum absolute atomic E-state index is 0.0399. The second-order valence-electron chi connectivity index (χ2n) is 19.0. The van der Waals surface area contributed by atoms with Gasteiger partial charge in [-0.25, -0.2) is 0 Å². The molecule has 3 N–H and O–H groups in total. The quantitative estimate of drug-likeness (QED) is 0.0321. The van der Waals surface area contributed by atoms with Crippen LogP contribution >= 0.6 is 0 Å². The number of rotatable bonds is 50. The number of carbonyl (C=O) groups excluding carboxylic acids is 2. The van der Waals surface area contributed by atoms with Gasteiger partial charge in [0.05, 0.1) is 25.2 Å². The molecule has 0 saturated heterocycles. The number of esters is 1. The molecule has 0 aliphatic rings. The van der Waals surface area contributed by atoms with Crippen LogP contribution < -0.4 is 5.32 Å². The van der Waals surface area contributed by atoms with Crippen molar-refractivity contribution in [3.63, 3.8) is 0 Å². The Balaban J connectivity index is 4.61. The third-order valence-electron chi connectivity index (χ3n) is 12.6. The standard InChI is InChI=1S/C59H107NO5/c1-4-7-10-13-16-19-22-25-27-29-31-33-35-38-41-44-47-50-55(65-59(64)52-49-46-43-40-37-24-21-18-15-12-9-6-3)53-58(63)60-56(54-61)57(62)51-48-45-42-39-36-34-32-30-28-26-23-20-17-14-11-8-5-2/h7,10,16,19,25,27,31,33,38,41,55-57,61-62H,4-6,8-9,11-15,17-18,20-24,26,28-30,32,34-37,39-40,42-54H2,1-3H3,(H,60,63)/b10-7-,19-16-,27-25-,33-31-,41-38-. The number of hydrogen-bond acceptors (Lipinski definition) is 5. The van der Waals surface area contributed by atoms with E-state index in [2.05, 4.69) is 86.8 Å². The van der Waals surface area contributed by atoms with Crippen LogP contribution in [0.15, 0.2) is 60.8 Å². The van der Waals surface area contributed by atoms with Crippen LogP contribution in [0.4, 0.5) is 0 Å². The summed E-state index contributed by atoms with van der Waals surface area (Å²) >= 11 is 0. The summed E-state index contributed by atoms with van der Waals surface area (Å²) in [5.41, 5.74) is 0. The second kappa shape index (κ2) is 52.5. The smallest absolute Gasteiger partial charge is 0.306 e. The molecule has 0 aromatic carbocycles. The van der Waals surface area contributed by atoms with Crippen molar-refractivity contribution in [2.75, 3.05) is 6.61 Å². The first-order valence-electron chi connectivity index (χ1n) is 28.0. The lowest BCUT2D eigenvalue weighted by Crippen LogP contribution is -2.46. The molecular weight excluding hydrogens is 803 g/mol. The number of aliphatic hydroxyl groups excluding tert-OH is 2. The lowest BCUT2D eigenvalue weighted by atomic mass is 10.0. The summed E-state index contributed by atoms with van der Waals surface area (Å²) in [6, 6.07) is -0.720. The average Bonchev–Trinajstić information content (AvgIpc) is 3.30. The maximum absolute atomic E-state index is 13.2. The van der Waals surface area contributed by atoms with E-state index in [-0.39, 0.29) is 24.9 Å². The largest absolute Gasteiger partial charge is 0.462 e. The van der Waals surface area contributed by atoms with Crippen molar-refractivity contribution in [1.82, 2.24) is 5.32 Å². The molecule has 0 radical (unpaired) electrons. The van der Waals surface area contributed by atoms with Crippen LogP contribution in [0.3, 0.4) is 0 Å². The van der Waals surface area contributed by atoms with E-state index in [4.69, 9.17) is 4.74 Å². The van der Waals surface area contributed by atoms with E-state index in [1.165, 1.54) is 148 Å². The summed E-state index contributed by atoms with van der Waals surface area (Å²) in [7, 11) is 0. The zero-order valence-electron chi connectivity index (χ0n) is 43.1. The van der Waals surface area contributed by atoms with Crippen LogP contribution in [0.2, 0.25) is 0 Å². The van der Waals surface area contributed by atoms with Crippen molar-refractivity contribution in [1.29, 1.82) is 0 Å². The van der Waals surface area contributed by atoms with E-state index < -0.39 is 18.2 Å². The fraction of sp³-hybridized carbons (Fsp3) is 0.797. The summed E-state index contributed by atoms with van der Waals surface area (Å²) < 4.78 is 5.92. The molecule has 0 rings (SSSR count). The van der Waals surface area contributed by atoms with E-state index >= 15 is 0 Å². The number of aliphatic hydroxyl groups is 2. The van der Waals surface area contributed by atoms with Crippen molar-refractivity contribution in [2.24, 2.45) is 0 Å². The Morgan fingerprint density at radius 1 is 0.462 bits per heavy atom. The molecule has 1 amide bonds. The Morgan fingerprint density at radius 3 is 1.23 bits per heavy atom. The minimum Gasteiger partial charge on any atom is -0.462 e. The molecule has 65 heavy (non-hydrogen) atoms. The van der Waals surface area contributed by atoms with Crippen LogP contribution in [-0.2, 0) is 14.3 Å². The maximum atomic E-state index is 13.2. The molecule has 0 aliphatic heterocycles. The molecule has 0 saturated carbocycles. The van der Waals surface area contributed by atoms with Gasteiger partial charge < -0.3 is 20.3 Å². The highest BCUT2D eigenvalue weighted by atomic mass is 16.5. The van der Waals surface area contributed by atoms with E-state index in [0.29, 0.717) is 19.3 Å². The van der Waals surface area contributed by atoms with E-state index in [1.807, 2.05) is 0 Å². The van der Waals surface area contributed by atoms with Crippen LogP contribution in [0.1, 0.15) is 278 Å². The van der Waals surface area contributed by atoms with Gasteiger partial charge >= 0.3 is 5.97 Å². The summed E-state index contributed by atoms with van der Waals surface area (Å²) in [4.78, 5) is 26.2. The molecule has 0 aromatic rings. The number of allylic oxidation sites excluding steroid dienone is 10. The van der Waals surface area contributed by atoms with Gasteiger partial charge in [0.25, 0.3) is 0 Å². The summed E-state index contributed by atoms with van der Waals surface area (Å²) in [6.07, 6.45) is 65.7. The molecule has 0 aromatic heterocycles. The molecule has 0 fully saturated rings. The van der Waals surface area contributed by atoms with Gasteiger partial charge in [-0.05, 0) is 64.2 Å². The number of carbonyl (C=O) groups is 2. The van der Waals surface area contributed by atoms with Crippen LogP contribution in [-0.4, -0.2) is 46.9 Å². The van der Waals surface area contributed by atoms with Gasteiger partial charge in [0, 0.05) is 6.42 Å². The van der Waals surface area contributed by atoms with Crippen molar-refractivity contribution in [3.05, 3.63) is 60.8 Å². The highest BCUT2D eigenvalue weighted by Gasteiger charge is 2.24. The predicted octanol–water partition coefficient (Wildman–Crippen LogP) is 17.2. The molecule has 0 spiro atoms. The summed E-state index contributed by atoms with van der Waals surface area (Å²) in [5.74, 6) is -0.522. The van der Waals surface area contributed by atoms with Gasteiger partial charge in [0.1, 0.15) is 6.10 Å². The zero-order chi connectivity index (χ0) is 47.4. The van der Waals surface area contributed by atoms with Crippen molar-refractivity contribution in [3.8, 4) is 0 Å². The number of nitrogens with one attached hydrogen (secondary N) is 1. The third-order valence-corrected chi connectivity index (χ3v) is 12.6. The molecule has 378 valence electrons. The third kappa shape index (κ3) is 47.8. The van der Waals surface area contributed by atoms with Gasteiger partial charge in [-0.2, -0.15) is 0 Å². The predicted molar refractivity (Wildman–Crippen MR) is 282 cm³/mol. The fourth-order valence-corrected chi connectivity index (χ4v) is 8.41. The Bertz CT molecular complexity index is 1160. The Morgan fingerprint density at radius 2 is 0.831 bits per heavy atom. The van der Waals surface area contributed by atoms with Crippen LogP contribution in [0, 0.1) is 0 Å². The Labute approximate surface area is 403 Å². The second-order valence-corrected chi connectivity index (χ2v) is 19.0. The van der Waals surface area contributed by atoms with E-state index in [0.717, 1.165) is 83.5 Å². The van der Waals surface area contributed by atoms with Gasteiger partial charge in [-0.1, -0.05) is 261 Å². The van der Waals surface area contributed by atoms with Gasteiger partial charge in [0.2, 0.25) is 5.91 Å². The topological polar surface area (TPSA) is 95.9 Å². The normalized spacial score (nSPS) is 13.6. The Kier molecular flexibility index (Phi) is 50.6. The van der Waals surface area contributed by atoms with Crippen molar-refractivity contribution >= 4 is 11.9 Å². The molecule has 6 heteroatoms. The monoisotopic (exact) mass is 910 g/mol. The minimum atomic E-state index is -0.803. The lowest BCUT2D eigenvalue weighted by Gasteiger charge is -2.24. The molecule has 0 heterocycles. The van der Waals surface area contributed by atoms with Crippen LogP contribution in [0.25, 0.3) is 0 Å². The molecular formula is C59H107NO5. The molecule has 3 atom stereocenters. The zero-order valence-corrected chi connectivity index (χ0v) is 43.1. The molecule has 6 nitrogen and oxygen atoms in total. The van der Waals surface area contributed by atoms with Crippen molar-refractivity contribution in [2.45, 2.75) is 296 Å². The van der Waals surface area contributed by atoms with Gasteiger partial charge in [-0.3, -0.25) is 9.59 Å². The highest BCUT2D eigenvalue weighted by molar-refractivity contribution is 5.77. The number of unbranched alkanes of at least 4 members (excludes halogenated alkanes) is 28. The van der Waals surface area contributed by atoms with Crippen LogP contribution in [0.5, 0.6) is 0 Å². The lowest BCUT2D eigenvalue weighted by molar-refractivity contribution is -0.151. The number of ether oxygens (including phenoxy) is 1. The molecule has 0 aliphatic carbocycles. The molecule has 0 bridgehead atoms. The van der Waals surface area contributed by atoms with Gasteiger partial charge in [0.15, 0.2) is 0 Å². The van der Waals surface area contributed by atoms with E-state index in [9.17, 15) is 19.8 Å². The first-order chi connectivity index (χ1) is 32.0. The maximum Gasteiger partial charge on any atom is 0.306 e. The van der Waals surface area contributed by atoms with E-state index in [1.54, 1.807) is 0 Å². The highest BCUT2D eigenvalue weighted by Crippen LogP contribution is 2.18. The molecule has 3 unspecified atom stereocenters. The summed E-state index contributed by atoms with van der Waals surface area (Å²) in [5, 5.41) is 23.9. The average molecular weight is 911 g/mol. The SMILES string of the molecule is CC/C=C\C/C=C\C/C=C\C/C=C\C/C=C\CCCC(CC(=O)NC(CO)C(O)CCCCCCCCCCCCCCCCCCC)OC(=O)CCCCCCCCCCCCCC. The number of hydrogen-bond donors (Lipinski definition) is 3. The van der Waals surface area contributed by atoms with Gasteiger partial charge in [-0.15, -0.1) is 0 Å². The first-order valence-corrected chi connectivity index (χ1v) is 28.0. The Hall–Kier alpha value is -2.44. The number of amides is 1. The van der Waals surface area contributed by atoms with Crippen molar-refractivity contribution < 1.29 is 24.5 Å².